The Balaban J connectivity index is 1.12. The molecule has 6 heteroatoms. The summed E-state index contributed by atoms with van der Waals surface area (Å²) in [6.07, 6.45) is 13.1. The van der Waals surface area contributed by atoms with Gasteiger partial charge in [-0.15, -0.1) is 11.8 Å². The van der Waals surface area contributed by atoms with Gasteiger partial charge < -0.3 is 8.98 Å². The molecule has 0 saturated heterocycles. The first-order chi connectivity index (χ1) is 26.3. The quantitative estimate of drug-likeness (QED) is 0.171. The van der Waals surface area contributed by atoms with Gasteiger partial charge in [-0.1, -0.05) is 127 Å². The Bertz CT molecular complexity index is 2950. The molecule has 2 aliphatic carbocycles. The van der Waals surface area contributed by atoms with Crippen LogP contribution in [-0.4, -0.2) is 24.8 Å². The van der Waals surface area contributed by atoms with Gasteiger partial charge in [-0.25, -0.2) is 15.0 Å². The molecule has 0 amide bonds. The van der Waals surface area contributed by atoms with Gasteiger partial charge >= 0.3 is 0 Å². The first-order valence-electron chi connectivity index (χ1n) is 18.0. The number of thioether (sulfide) groups is 1. The molecule has 0 fully saturated rings. The topological polar surface area (TPSA) is 56.7 Å². The maximum Gasteiger partial charge on any atom is 0.167 e. The predicted octanol–water partition coefficient (Wildman–Crippen LogP) is 11.5. The normalized spacial score (nSPS) is 19.4. The summed E-state index contributed by atoms with van der Waals surface area (Å²) in [6, 6.07) is 39.9. The molecule has 11 rings (SSSR count). The van der Waals surface area contributed by atoms with Gasteiger partial charge in [0, 0.05) is 32.2 Å². The lowest BCUT2D eigenvalue weighted by Gasteiger charge is -2.18. The molecular formula is C47H30N4OS. The summed E-state index contributed by atoms with van der Waals surface area (Å²) in [4.78, 5) is 16.8. The Morgan fingerprint density at radius 3 is 2.28 bits per heavy atom. The second-order valence-corrected chi connectivity index (χ2v) is 14.7. The molecule has 2 bridgehead atoms. The van der Waals surface area contributed by atoms with E-state index in [1.807, 2.05) is 48.2 Å². The van der Waals surface area contributed by atoms with Crippen LogP contribution >= 0.6 is 11.8 Å². The summed E-state index contributed by atoms with van der Waals surface area (Å²) in [7, 11) is 0. The minimum Gasteiger partial charge on any atom is -0.455 e. The van der Waals surface area contributed by atoms with Crippen molar-refractivity contribution in [3.63, 3.8) is 0 Å². The zero-order valence-electron chi connectivity index (χ0n) is 28.5. The van der Waals surface area contributed by atoms with E-state index in [9.17, 15) is 0 Å². The highest BCUT2D eigenvalue weighted by atomic mass is 32.2. The van der Waals surface area contributed by atoms with Gasteiger partial charge in [0.25, 0.3) is 0 Å². The molecule has 0 spiro atoms. The van der Waals surface area contributed by atoms with Gasteiger partial charge in [-0.2, -0.15) is 0 Å². The first-order valence-corrected chi connectivity index (χ1v) is 18.9. The molecule has 4 heterocycles. The van der Waals surface area contributed by atoms with Crippen LogP contribution in [0.25, 0.3) is 77.8 Å². The zero-order chi connectivity index (χ0) is 34.9. The van der Waals surface area contributed by atoms with Gasteiger partial charge in [-0.3, -0.25) is 0 Å². The standard InChI is InChI=1S/C47H30N4OS/c1-2-13-30(14-3-1)45-48-46(34-19-10-15-29-27-28-42(34)53-41-26-9-6-16-31(29)41)50-47(49-45)36-21-11-20-35-43-39(24-12-25-40(43)52-44(35)36)51-37-22-7-4-17-32(37)33-18-5-8-23-38(33)51/h1-5,7-15,17-26,29,42H,6,16H2/b15-10-,34-19+. The summed E-state index contributed by atoms with van der Waals surface area (Å²) in [5.41, 5.74) is 9.04. The Kier molecular flexibility index (Phi) is 6.89. The van der Waals surface area contributed by atoms with Crippen LogP contribution in [-0.2, 0) is 0 Å². The molecule has 8 aromatic rings. The van der Waals surface area contributed by atoms with Gasteiger partial charge in [0.05, 0.1) is 38.8 Å². The third-order valence-electron chi connectivity index (χ3n) is 10.5. The van der Waals surface area contributed by atoms with Crippen molar-refractivity contribution < 1.29 is 4.42 Å². The minimum absolute atomic E-state index is 0.118. The third kappa shape index (κ3) is 4.85. The van der Waals surface area contributed by atoms with E-state index in [2.05, 4.69) is 126 Å². The average molecular weight is 699 g/mol. The second kappa shape index (κ2) is 12.1. The molecule has 3 aliphatic rings. The smallest absolute Gasteiger partial charge is 0.167 e. The SMILES string of the molecule is C1#CC2SC3=C(CCC=C3)C1/C=C\C=C/2c1nc(-c2ccccc2)nc(-c2cccc3c2oc2cccc(-n4c5ccccc5c5ccccc54)c23)n1. The molecule has 1 aliphatic heterocycles. The number of hydrogen-bond donors (Lipinski definition) is 0. The Morgan fingerprint density at radius 1 is 0.698 bits per heavy atom. The molecule has 2 atom stereocenters. The van der Waals surface area contributed by atoms with E-state index < -0.39 is 0 Å². The van der Waals surface area contributed by atoms with Crippen LogP contribution in [0.3, 0.4) is 0 Å². The minimum atomic E-state index is -0.118. The summed E-state index contributed by atoms with van der Waals surface area (Å²) in [5.74, 6) is 9.09. The van der Waals surface area contributed by atoms with Crippen molar-refractivity contribution in [2.45, 2.75) is 18.1 Å². The lowest BCUT2D eigenvalue weighted by atomic mass is 9.91. The molecule has 5 aromatic carbocycles. The van der Waals surface area contributed by atoms with Crippen LogP contribution in [0, 0.1) is 17.8 Å². The molecule has 0 saturated carbocycles. The molecular weight excluding hydrogens is 669 g/mol. The molecule has 2 unspecified atom stereocenters. The van der Waals surface area contributed by atoms with Gasteiger partial charge in [-0.05, 0) is 48.7 Å². The maximum absolute atomic E-state index is 6.81. The molecule has 250 valence electrons. The van der Waals surface area contributed by atoms with Crippen LogP contribution in [0.2, 0.25) is 0 Å². The summed E-state index contributed by atoms with van der Waals surface area (Å²) in [5, 5.41) is 4.37. The van der Waals surface area contributed by atoms with E-state index in [0.717, 1.165) is 68.2 Å². The highest BCUT2D eigenvalue weighted by molar-refractivity contribution is 8.04. The lowest BCUT2D eigenvalue weighted by molar-refractivity contribution is 0.669. The van der Waals surface area contributed by atoms with E-state index in [1.54, 1.807) is 0 Å². The van der Waals surface area contributed by atoms with Crippen LogP contribution in [0.4, 0.5) is 0 Å². The summed E-state index contributed by atoms with van der Waals surface area (Å²) in [6.45, 7) is 0. The van der Waals surface area contributed by atoms with E-state index in [1.165, 1.54) is 21.3 Å². The van der Waals surface area contributed by atoms with Crippen molar-refractivity contribution in [2.24, 2.45) is 5.92 Å². The van der Waals surface area contributed by atoms with Crippen molar-refractivity contribution in [3.05, 3.63) is 162 Å². The molecule has 0 N–H and O–H groups in total. The number of nitrogens with zero attached hydrogens (tertiary/aromatic N) is 4. The van der Waals surface area contributed by atoms with E-state index >= 15 is 0 Å². The van der Waals surface area contributed by atoms with Crippen molar-refractivity contribution in [1.82, 2.24) is 19.5 Å². The largest absolute Gasteiger partial charge is 0.455 e. The van der Waals surface area contributed by atoms with Crippen molar-refractivity contribution >= 4 is 61.1 Å². The fourth-order valence-electron chi connectivity index (χ4n) is 8.06. The fraction of sp³-hybridized carbons (Fsp3) is 0.0851. The number of furan rings is 1. The predicted molar refractivity (Wildman–Crippen MR) is 217 cm³/mol. The average Bonchev–Trinajstić information content (AvgIpc) is 3.71. The fourth-order valence-corrected chi connectivity index (χ4v) is 9.31. The first kappa shape index (κ1) is 30.2. The van der Waals surface area contributed by atoms with Crippen molar-refractivity contribution in [3.8, 4) is 40.3 Å². The number of allylic oxidation sites excluding steroid dienone is 6. The summed E-state index contributed by atoms with van der Waals surface area (Å²) >= 11 is 1.81. The van der Waals surface area contributed by atoms with Crippen LogP contribution in [0.1, 0.15) is 18.7 Å². The Hall–Kier alpha value is -6.42. The van der Waals surface area contributed by atoms with Crippen LogP contribution in [0.5, 0.6) is 0 Å². The van der Waals surface area contributed by atoms with Crippen LogP contribution < -0.4 is 0 Å². The van der Waals surface area contributed by atoms with Crippen molar-refractivity contribution in [1.29, 1.82) is 0 Å². The van der Waals surface area contributed by atoms with Gasteiger partial charge in [0.2, 0.25) is 0 Å². The maximum atomic E-state index is 6.81. The van der Waals surface area contributed by atoms with E-state index in [-0.39, 0.29) is 11.2 Å². The number of para-hydroxylation sites is 3. The number of hydrogen-bond acceptors (Lipinski definition) is 5. The Morgan fingerprint density at radius 2 is 1.43 bits per heavy atom. The molecule has 5 nitrogen and oxygen atoms in total. The van der Waals surface area contributed by atoms with Crippen LogP contribution in [0.15, 0.2) is 161 Å². The molecule has 3 aromatic heterocycles. The molecule has 0 radical (unpaired) electrons. The third-order valence-corrected chi connectivity index (χ3v) is 11.8. The van der Waals surface area contributed by atoms with E-state index in [4.69, 9.17) is 19.4 Å². The highest BCUT2D eigenvalue weighted by Gasteiger charge is 2.28. The van der Waals surface area contributed by atoms with Crippen molar-refractivity contribution in [2.75, 3.05) is 0 Å². The van der Waals surface area contributed by atoms with Gasteiger partial charge in [0.15, 0.2) is 17.5 Å². The van der Waals surface area contributed by atoms with E-state index in [0.29, 0.717) is 17.5 Å². The molecule has 53 heavy (non-hydrogen) atoms. The second-order valence-electron chi connectivity index (χ2n) is 13.6. The monoisotopic (exact) mass is 698 g/mol. The number of rotatable bonds is 4. The number of aromatic nitrogens is 4. The highest BCUT2D eigenvalue weighted by Crippen LogP contribution is 2.44. The summed E-state index contributed by atoms with van der Waals surface area (Å²) < 4.78 is 9.17. The van der Waals surface area contributed by atoms with Gasteiger partial charge in [0.1, 0.15) is 11.2 Å². The lowest BCUT2D eigenvalue weighted by Crippen LogP contribution is -2.10. The number of benzene rings is 5. The number of fused-ring (bicyclic) bond motifs is 9. The Labute approximate surface area is 310 Å². The zero-order valence-corrected chi connectivity index (χ0v) is 29.3.